The maximum Gasteiger partial charge on any atom is 0.223 e. The van der Waals surface area contributed by atoms with Crippen molar-refractivity contribution < 1.29 is 13.9 Å². The topological polar surface area (TPSA) is 135 Å². The van der Waals surface area contributed by atoms with Gasteiger partial charge in [0.1, 0.15) is 17.3 Å². The first-order chi connectivity index (χ1) is 17.4. The third kappa shape index (κ3) is 4.67. The normalized spacial score (nSPS) is 15.2. The molecule has 1 aromatic carbocycles. The van der Waals surface area contributed by atoms with E-state index >= 15 is 0 Å². The number of likely N-dealkylation sites (tertiary alicyclic amines) is 1. The monoisotopic (exact) mass is 488 g/mol. The Hall–Kier alpha value is -4.54. The third-order valence-corrected chi connectivity index (χ3v) is 6.08. The average molecular weight is 489 g/mol. The molecule has 0 spiro atoms. The summed E-state index contributed by atoms with van der Waals surface area (Å²) < 4.78 is 18.9. The number of anilines is 2. The Kier molecular flexibility index (Phi) is 6.19. The van der Waals surface area contributed by atoms with Crippen molar-refractivity contribution in [3.8, 4) is 39.8 Å². The van der Waals surface area contributed by atoms with E-state index in [0.717, 1.165) is 6.42 Å². The number of ether oxygens (including phenoxy) is 1. The Morgan fingerprint density at radius 3 is 2.72 bits per heavy atom. The lowest BCUT2D eigenvalue weighted by atomic mass is 10.1. The highest BCUT2D eigenvalue weighted by molar-refractivity contribution is 5.81. The fourth-order valence-corrected chi connectivity index (χ4v) is 4.17. The molecule has 5 rings (SSSR count). The number of methoxy groups -OCH3 is 1. The number of pyridine rings is 1. The lowest BCUT2D eigenvalue weighted by molar-refractivity contribution is -0.127. The Labute approximate surface area is 206 Å². The van der Waals surface area contributed by atoms with Crippen LogP contribution in [0.15, 0.2) is 48.8 Å². The number of nitrogen functional groups attached to an aromatic ring is 1. The van der Waals surface area contributed by atoms with E-state index in [1.165, 1.54) is 19.2 Å². The van der Waals surface area contributed by atoms with E-state index in [1.54, 1.807) is 48.5 Å². The molecule has 184 valence electrons. The predicted molar refractivity (Wildman–Crippen MR) is 133 cm³/mol. The second kappa shape index (κ2) is 9.61. The summed E-state index contributed by atoms with van der Waals surface area (Å²) in [6.45, 7) is 2.86. The van der Waals surface area contributed by atoms with Crippen molar-refractivity contribution in [1.29, 1.82) is 0 Å². The summed E-state index contributed by atoms with van der Waals surface area (Å²) in [5.41, 5.74) is 9.10. The van der Waals surface area contributed by atoms with Gasteiger partial charge in [0.25, 0.3) is 0 Å². The molecule has 0 aliphatic carbocycles. The Morgan fingerprint density at radius 1 is 1.19 bits per heavy atom. The number of benzene rings is 1. The second-order valence-electron chi connectivity index (χ2n) is 8.49. The summed E-state index contributed by atoms with van der Waals surface area (Å²) in [7, 11) is 1.52. The number of hydrogen-bond donors (Lipinski definition) is 3. The van der Waals surface area contributed by atoms with Gasteiger partial charge < -0.3 is 25.7 Å². The number of imidazole rings is 1. The molecule has 0 radical (unpaired) electrons. The summed E-state index contributed by atoms with van der Waals surface area (Å²) in [5, 5.41) is 3.32. The molecular weight excluding hydrogens is 463 g/mol. The van der Waals surface area contributed by atoms with Gasteiger partial charge in [-0.05, 0) is 42.8 Å². The van der Waals surface area contributed by atoms with E-state index in [4.69, 9.17) is 20.4 Å². The summed E-state index contributed by atoms with van der Waals surface area (Å²) in [6, 6.07) is 9.64. The van der Waals surface area contributed by atoms with Crippen molar-refractivity contribution in [2.24, 2.45) is 0 Å². The van der Waals surface area contributed by atoms with Crippen LogP contribution in [0.3, 0.4) is 0 Å². The number of aromatic amines is 1. The lowest BCUT2D eigenvalue weighted by Gasteiger charge is -2.15. The van der Waals surface area contributed by atoms with Gasteiger partial charge in [-0.25, -0.2) is 24.3 Å². The van der Waals surface area contributed by atoms with Gasteiger partial charge in [-0.2, -0.15) is 0 Å². The first-order valence-electron chi connectivity index (χ1n) is 11.4. The van der Waals surface area contributed by atoms with Crippen molar-refractivity contribution in [2.45, 2.75) is 19.4 Å². The average Bonchev–Trinajstić information content (AvgIpc) is 3.53. The number of carbonyl (C=O) groups is 1. The molecule has 1 atom stereocenters. The van der Waals surface area contributed by atoms with Crippen molar-refractivity contribution in [2.75, 3.05) is 31.2 Å². The van der Waals surface area contributed by atoms with Crippen LogP contribution in [0.4, 0.5) is 16.2 Å². The van der Waals surface area contributed by atoms with Gasteiger partial charge in [-0.3, -0.25) is 4.79 Å². The molecule has 36 heavy (non-hydrogen) atoms. The number of nitrogens with one attached hydrogen (secondary N) is 2. The maximum atomic E-state index is 13.5. The molecule has 4 heterocycles. The number of carbonyl (C=O) groups excluding carboxylic acids is 1. The smallest absolute Gasteiger partial charge is 0.223 e. The molecular formula is C25H25FN8O2. The minimum Gasteiger partial charge on any atom is -0.493 e. The van der Waals surface area contributed by atoms with Gasteiger partial charge in [0.15, 0.2) is 11.6 Å². The van der Waals surface area contributed by atoms with Crippen LogP contribution in [-0.2, 0) is 4.79 Å². The van der Waals surface area contributed by atoms with Crippen LogP contribution < -0.4 is 15.8 Å². The number of aromatic nitrogens is 5. The molecule has 3 aromatic heterocycles. The van der Waals surface area contributed by atoms with E-state index in [1.807, 2.05) is 0 Å². The fraction of sp³-hybridized carbons (Fsp3) is 0.240. The Bertz CT molecular complexity index is 1410. The van der Waals surface area contributed by atoms with Gasteiger partial charge >= 0.3 is 0 Å². The van der Waals surface area contributed by atoms with E-state index in [0.29, 0.717) is 58.8 Å². The van der Waals surface area contributed by atoms with Crippen molar-refractivity contribution in [1.82, 2.24) is 29.8 Å². The number of nitrogens with zero attached hydrogens (tertiary/aromatic N) is 5. The number of halogens is 1. The zero-order chi connectivity index (χ0) is 25.2. The standard InChI is InChI=1S/C25H25FN8O2/c1-14(35)34-10-8-18(13-34)30-25-28-9-7-19(31-25)22-21(16-11-20(36-2)23(27)29-12-16)32-24(33-22)15-3-5-17(26)6-4-15/h3-7,9,11-12,18H,8,10,13H2,1-2H3,(H2,27,29)(H,32,33)(H,28,30,31)/t18-/m0/s1. The summed E-state index contributed by atoms with van der Waals surface area (Å²) >= 11 is 0. The second-order valence-corrected chi connectivity index (χ2v) is 8.49. The minimum absolute atomic E-state index is 0.0518. The summed E-state index contributed by atoms with van der Waals surface area (Å²) in [5.74, 6) is 1.39. The van der Waals surface area contributed by atoms with Gasteiger partial charge in [-0.1, -0.05) is 0 Å². The largest absolute Gasteiger partial charge is 0.493 e. The Morgan fingerprint density at radius 2 is 2.00 bits per heavy atom. The number of H-pyrrole nitrogens is 1. The van der Waals surface area contributed by atoms with Crippen LogP contribution >= 0.6 is 0 Å². The fourth-order valence-electron chi connectivity index (χ4n) is 4.17. The lowest BCUT2D eigenvalue weighted by Crippen LogP contribution is -2.30. The molecule has 1 fully saturated rings. The number of hydrogen-bond acceptors (Lipinski definition) is 8. The van der Waals surface area contributed by atoms with Crippen molar-refractivity contribution in [3.05, 3.63) is 54.6 Å². The molecule has 0 unspecified atom stereocenters. The van der Waals surface area contributed by atoms with Gasteiger partial charge in [-0.15, -0.1) is 0 Å². The maximum absolute atomic E-state index is 13.5. The molecule has 11 heteroatoms. The summed E-state index contributed by atoms with van der Waals surface area (Å²) in [4.78, 5) is 34.9. The number of amides is 1. The molecule has 1 amide bonds. The first kappa shape index (κ1) is 23.2. The van der Waals surface area contributed by atoms with Gasteiger partial charge in [0.2, 0.25) is 11.9 Å². The Balaban J connectivity index is 1.54. The highest BCUT2D eigenvalue weighted by atomic mass is 19.1. The quantitative estimate of drug-likeness (QED) is 0.376. The molecule has 4 N–H and O–H groups in total. The zero-order valence-electron chi connectivity index (χ0n) is 19.8. The number of rotatable bonds is 6. The summed E-state index contributed by atoms with van der Waals surface area (Å²) in [6.07, 6.45) is 4.09. The predicted octanol–water partition coefficient (Wildman–Crippen LogP) is 3.36. The molecule has 10 nitrogen and oxygen atoms in total. The minimum atomic E-state index is -0.333. The highest BCUT2D eigenvalue weighted by Crippen LogP contribution is 2.34. The molecule has 1 saturated heterocycles. The molecule has 0 bridgehead atoms. The van der Waals surface area contributed by atoms with Crippen LogP contribution in [0.2, 0.25) is 0 Å². The van der Waals surface area contributed by atoms with E-state index < -0.39 is 0 Å². The van der Waals surface area contributed by atoms with Crippen molar-refractivity contribution in [3.63, 3.8) is 0 Å². The van der Waals surface area contributed by atoms with E-state index in [9.17, 15) is 9.18 Å². The first-order valence-corrected chi connectivity index (χ1v) is 11.4. The van der Waals surface area contributed by atoms with Crippen LogP contribution in [-0.4, -0.2) is 62.0 Å². The van der Waals surface area contributed by atoms with Gasteiger partial charge in [0.05, 0.1) is 18.5 Å². The van der Waals surface area contributed by atoms with Gasteiger partial charge in [0, 0.05) is 49.6 Å². The highest BCUT2D eigenvalue weighted by Gasteiger charge is 2.25. The van der Waals surface area contributed by atoms with E-state index in [-0.39, 0.29) is 23.6 Å². The zero-order valence-corrected chi connectivity index (χ0v) is 19.8. The third-order valence-electron chi connectivity index (χ3n) is 6.08. The van der Waals surface area contributed by atoms with Crippen LogP contribution in [0.1, 0.15) is 13.3 Å². The molecule has 1 aliphatic rings. The van der Waals surface area contributed by atoms with Crippen LogP contribution in [0.5, 0.6) is 5.75 Å². The molecule has 0 saturated carbocycles. The van der Waals surface area contributed by atoms with Crippen LogP contribution in [0.25, 0.3) is 34.0 Å². The molecule has 1 aliphatic heterocycles. The van der Waals surface area contributed by atoms with Crippen molar-refractivity contribution >= 4 is 17.7 Å². The van der Waals surface area contributed by atoms with E-state index in [2.05, 4.69) is 20.3 Å². The van der Waals surface area contributed by atoms with Crippen LogP contribution in [0, 0.1) is 5.82 Å². The molecule has 4 aromatic rings. The number of nitrogens with two attached hydrogens (primary N) is 1. The SMILES string of the molecule is COc1cc(-c2[nH]c(-c3ccc(F)cc3)nc2-c2ccnc(N[C@H]3CCN(C(C)=O)C3)n2)cnc1N.